The fraction of sp³-hybridized carbons (Fsp3) is 0.235. The van der Waals surface area contributed by atoms with E-state index in [-0.39, 0.29) is 10.6 Å². The molecule has 9 heteroatoms. The summed E-state index contributed by atoms with van der Waals surface area (Å²) in [4.78, 5) is 4.32. The first-order valence-electron chi connectivity index (χ1n) is 8.06. The number of nitrogens with zero attached hydrogens (tertiary/aromatic N) is 2. The van der Waals surface area contributed by atoms with Crippen molar-refractivity contribution in [2.24, 2.45) is 5.14 Å². The molecule has 0 aliphatic carbocycles. The van der Waals surface area contributed by atoms with Gasteiger partial charge in [-0.25, -0.2) is 13.6 Å². The van der Waals surface area contributed by atoms with Crippen LogP contribution in [-0.4, -0.2) is 49.7 Å². The van der Waals surface area contributed by atoms with Gasteiger partial charge in [-0.1, -0.05) is 6.07 Å². The van der Waals surface area contributed by atoms with Gasteiger partial charge in [-0.05, 0) is 48.6 Å². The van der Waals surface area contributed by atoms with Crippen molar-refractivity contribution in [3.05, 3.63) is 48.5 Å². The van der Waals surface area contributed by atoms with Crippen LogP contribution in [0.5, 0.6) is 5.75 Å². The Labute approximate surface area is 158 Å². The molecule has 1 heterocycles. The maximum absolute atomic E-state index is 11.3. The maximum atomic E-state index is 11.3. The molecular weight excluding hydrogens is 372 g/mol. The lowest BCUT2D eigenvalue weighted by molar-refractivity contribution is 0.390. The van der Waals surface area contributed by atoms with Crippen molar-refractivity contribution in [1.29, 1.82) is 0 Å². The number of thiocarbonyl (C=S) groups is 1. The van der Waals surface area contributed by atoms with E-state index >= 15 is 0 Å². The molecule has 0 radical (unpaired) electrons. The predicted octanol–water partition coefficient (Wildman–Crippen LogP) is 1.56. The second kappa shape index (κ2) is 7.48. The van der Waals surface area contributed by atoms with Gasteiger partial charge >= 0.3 is 0 Å². The Morgan fingerprint density at radius 2 is 1.73 bits per heavy atom. The lowest BCUT2D eigenvalue weighted by Crippen LogP contribution is -2.50. The Balaban J connectivity index is 1.57. The van der Waals surface area contributed by atoms with E-state index in [0.717, 1.165) is 31.9 Å². The summed E-state index contributed by atoms with van der Waals surface area (Å²) in [6.07, 6.45) is 0. The van der Waals surface area contributed by atoms with Gasteiger partial charge in [0, 0.05) is 43.6 Å². The van der Waals surface area contributed by atoms with Gasteiger partial charge in [0.25, 0.3) is 0 Å². The van der Waals surface area contributed by atoms with Gasteiger partial charge in [-0.15, -0.1) is 0 Å². The number of hydrogen-bond acceptors (Lipinski definition) is 5. The van der Waals surface area contributed by atoms with E-state index in [2.05, 4.69) is 15.1 Å². The highest BCUT2D eigenvalue weighted by Gasteiger charge is 2.19. The first-order valence-corrected chi connectivity index (χ1v) is 10.0. The molecule has 0 saturated carbocycles. The molecule has 1 fully saturated rings. The first kappa shape index (κ1) is 18.4. The van der Waals surface area contributed by atoms with Gasteiger partial charge in [0.2, 0.25) is 10.0 Å². The van der Waals surface area contributed by atoms with Crippen molar-refractivity contribution in [2.45, 2.75) is 4.90 Å². The number of phenolic OH excluding ortho intramolecular Hbond substituents is 1. The molecule has 26 heavy (non-hydrogen) atoms. The SMILES string of the molecule is NS(=O)(=O)c1ccc(NC(=S)N2CCN(c3cccc(O)c3)CC2)cc1. The highest BCUT2D eigenvalue weighted by molar-refractivity contribution is 7.89. The molecular formula is C17H20N4O3S2. The molecule has 0 amide bonds. The molecule has 0 unspecified atom stereocenters. The van der Waals surface area contributed by atoms with Crippen LogP contribution in [0.15, 0.2) is 53.4 Å². The Morgan fingerprint density at radius 1 is 1.08 bits per heavy atom. The van der Waals surface area contributed by atoms with Gasteiger partial charge in [-0.3, -0.25) is 0 Å². The fourth-order valence-corrected chi connectivity index (χ4v) is 3.60. The molecule has 0 aromatic heterocycles. The zero-order valence-electron chi connectivity index (χ0n) is 14.0. The fourth-order valence-electron chi connectivity index (χ4n) is 2.79. The van der Waals surface area contributed by atoms with Gasteiger partial charge in [-0.2, -0.15) is 0 Å². The Morgan fingerprint density at radius 3 is 2.31 bits per heavy atom. The quantitative estimate of drug-likeness (QED) is 0.682. The average molecular weight is 393 g/mol. The highest BCUT2D eigenvalue weighted by atomic mass is 32.2. The van der Waals surface area contributed by atoms with Crippen molar-refractivity contribution >= 4 is 38.7 Å². The first-order chi connectivity index (χ1) is 12.3. The molecule has 7 nitrogen and oxygen atoms in total. The van der Waals surface area contributed by atoms with Gasteiger partial charge in [0.05, 0.1) is 4.90 Å². The third kappa shape index (κ3) is 4.43. The lowest BCUT2D eigenvalue weighted by atomic mass is 10.2. The zero-order chi connectivity index (χ0) is 18.7. The number of phenols is 1. The van der Waals surface area contributed by atoms with Crippen LogP contribution in [0.2, 0.25) is 0 Å². The minimum absolute atomic E-state index is 0.0636. The van der Waals surface area contributed by atoms with E-state index in [1.54, 1.807) is 24.3 Å². The van der Waals surface area contributed by atoms with Crippen LogP contribution in [0.3, 0.4) is 0 Å². The maximum Gasteiger partial charge on any atom is 0.238 e. The van der Waals surface area contributed by atoms with E-state index in [0.29, 0.717) is 10.8 Å². The van der Waals surface area contributed by atoms with Gasteiger partial charge < -0.3 is 20.2 Å². The van der Waals surface area contributed by atoms with E-state index in [4.69, 9.17) is 17.4 Å². The van der Waals surface area contributed by atoms with Crippen LogP contribution < -0.4 is 15.4 Å². The number of aromatic hydroxyl groups is 1. The molecule has 2 aromatic carbocycles. The van der Waals surface area contributed by atoms with E-state index in [1.165, 1.54) is 12.1 Å². The number of rotatable bonds is 3. The van der Waals surface area contributed by atoms with Crippen molar-refractivity contribution in [3.8, 4) is 5.75 Å². The largest absolute Gasteiger partial charge is 0.508 e. The smallest absolute Gasteiger partial charge is 0.238 e. The summed E-state index contributed by atoms with van der Waals surface area (Å²) in [6, 6.07) is 13.4. The summed E-state index contributed by atoms with van der Waals surface area (Å²) < 4.78 is 22.6. The third-order valence-corrected chi connectivity index (χ3v) is 5.49. The van der Waals surface area contributed by atoms with Crippen molar-refractivity contribution in [2.75, 3.05) is 36.4 Å². The van der Waals surface area contributed by atoms with E-state index in [1.807, 2.05) is 12.1 Å². The molecule has 2 aromatic rings. The van der Waals surface area contributed by atoms with Crippen LogP contribution in [0.1, 0.15) is 0 Å². The number of sulfonamides is 1. The van der Waals surface area contributed by atoms with Crippen molar-refractivity contribution in [3.63, 3.8) is 0 Å². The Hall–Kier alpha value is -2.36. The number of piperazine rings is 1. The van der Waals surface area contributed by atoms with Crippen LogP contribution in [-0.2, 0) is 10.0 Å². The van der Waals surface area contributed by atoms with Crippen LogP contribution in [0.4, 0.5) is 11.4 Å². The monoisotopic (exact) mass is 392 g/mol. The number of primary sulfonamides is 1. The molecule has 138 valence electrons. The summed E-state index contributed by atoms with van der Waals surface area (Å²) in [5.41, 5.74) is 1.69. The summed E-state index contributed by atoms with van der Waals surface area (Å²) >= 11 is 5.45. The summed E-state index contributed by atoms with van der Waals surface area (Å²) in [7, 11) is -3.70. The van der Waals surface area contributed by atoms with Crippen LogP contribution in [0.25, 0.3) is 0 Å². The topological polar surface area (TPSA) is 98.9 Å². The van der Waals surface area contributed by atoms with Crippen LogP contribution in [0, 0.1) is 0 Å². The standard InChI is InChI=1S/C17H20N4O3S2/c18-26(23,24)16-6-4-13(5-7-16)19-17(25)21-10-8-20(9-11-21)14-2-1-3-15(22)12-14/h1-7,12,22H,8-11H2,(H,19,25)(H2,18,23,24). The molecule has 4 N–H and O–H groups in total. The Bertz CT molecular complexity index is 892. The number of anilines is 2. The Kier molecular flexibility index (Phi) is 5.30. The number of hydrogen-bond donors (Lipinski definition) is 3. The highest BCUT2D eigenvalue weighted by Crippen LogP contribution is 2.21. The molecule has 1 aliphatic heterocycles. The summed E-state index contributed by atoms with van der Waals surface area (Å²) in [5.74, 6) is 0.255. The third-order valence-electron chi connectivity index (χ3n) is 4.20. The minimum atomic E-state index is -3.70. The second-order valence-corrected chi connectivity index (χ2v) is 7.94. The summed E-state index contributed by atoms with van der Waals surface area (Å²) in [6.45, 7) is 3.07. The predicted molar refractivity (Wildman–Crippen MR) is 106 cm³/mol. The molecule has 3 rings (SSSR count). The van der Waals surface area contributed by atoms with Crippen molar-refractivity contribution < 1.29 is 13.5 Å². The summed E-state index contributed by atoms with van der Waals surface area (Å²) in [5, 5.41) is 18.4. The average Bonchev–Trinajstić information content (AvgIpc) is 2.61. The van der Waals surface area contributed by atoms with E-state index < -0.39 is 10.0 Å². The number of nitrogens with one attached hydrogen (secondary N) is 1. The molecule has 1 saturated heterocycles. The van der Waals surface area contributed by atoms with Gasteiger partial charge in [0.1, 0.15) is 5.75 Å². The zero-order valence-corrected chi connectivity index (χ0v) is 15.6. The minimum Gasteiger partial charge on any atom is -0.508 e. The van der Waals surface area contributed by atoms with E-state index in [9.17, 15) is 13.5 Å². The lowest BCUT2D eigenvalue weighted by Gasteiger charge is -2.37. The van der Waals surface area contributed by atoms with Crippen molar-refractivity contribution in [1.82, 2.24) is 4.90 Å². The number of benzene rings is 2. The molecule has 0 spiro atoms. The second-order valence-electron chi connectivity index (χ2n) is 5.99. The van der Waals surface area contributed by atoms with Gasteiger partial charge in [0.15, 0.2) is 5.11 Å². The molecule has 1 aliphatic rings. The molecule has 0 bridgehead atoms. The number of nitrogens with two attached hydrogens (primary N) is 1. The molecule has 0 atom stereocenters. The normalized spacial score (nSPS) is 15.0. The van der Waals surface area contributed by atoms with Crippen LogP contribution >= 0.6 is 12.2 Å².